The Balaban J connectivity index is 3.45. The predicted molar refractivity (Wildman–Crippen MR) is 72.6 cm³/mol. The fraction of sp³-hybridized carbons (Fsp3) is 0.462. The predicted octanol–water partition coefficient (Wildman–Crippen LogP) is 2.59. The first-order chi connectivity index (χ1) is 8.64. The smallest absolute Gasteiger partial charge is 0.323 e. The number of nitrogens with zero attached hydrogens (tertiary/aromatic N) is 2. The van der Waals surface area contributed by atoms with Crippen LogP contribution in [-0.2, 0) is 4.79 Å². The molecular formula is C13H18N2O4. The Morgan fingerprint density at radius 3 is 2.42 bits per heavy atom. The number of aryl methyl sites for hydroxylation is 1. The number of benzene rings is 1. The van der Waals surface area contributed by atoms with Gasteiger partial charge in [0.05, 0.1) is 4.92 Å². The van der Waals surface area contributed by atoms with Gasteiger partial charge >= 0.3 is 5.97 Å². The summed E-state index contributed by atoms with van der Waals surface area (Å²) in [5, 5.41) is 20.1. The molecule has 0 spiro atoms. The van der Waals surface area contributed by atoms with E-state index in [1.54, 1.807) is 24.0 Å². The van der Waals surface area contributed by atoms with E-state index in [-0.39, 0.29) is 12.2 Å². The van der Waals surface area contributed by atoms with Crippen molar-refractivity contribution in [3.05, 3.63) is 33.9 Å². The molecule has 0 aromatic heterocycles. The largest absolute Gasteiger partial charge is 0.480 e. The Hall–Kier alpha value is -2.11. The van der Waals surface area contributed by atoms with E-state index in [1.807, 2.05) is 20.8 Å². The summed E-state index contributed by atoms with van der Waals surface area (Å²) >= 11 is 0. The van der Waals surface area contributed by atoms with Crippen LogP contribution in [0.25, 0.3) is 0 Å². The number of rotatable bonds is 4. The quantitative estimate of drug-likeness (QED) is 0.669. The zero-order valence-corrected chi connectivity index (χ0v) is 11.5. The molecule has 0 amide bonds. The summed E-state index contributed by atoms with van der Waals surface area (Å²) in [5.41, 5.74) is 0.443. The van der Waals surface area contributed by atoms with Crippen molar-refractivity contribution < 1.29 is 14.8 Å². The molecule has 0 saturated carbocycles. The second kappa shape index (κ2) is 5.26. The van der Waals surface area contributed by atoms with Gasteiger partial charge < -0.3 is 10.0 Å². The van der Waals surface area contributed by atoms with Gasteiger partial charge in [-0.2, -0.15) is 0 Å². The van der Waals surface area contributed by atoms with Gasteiger partial charge in [-0.3, -0.25) is 14.9 Å². The minimum atomic E-state index is -1.02. The van der Waals surface area contributed by atoms with E-state index in [4.69, 9.17) is 5.11 Å². The van der Waals surface area contributed by atoms with E-state index in [0.29, 0.717) is 11.3 Å². The molecule has 0 aliphatic heterocycles. The van der Waals surface area contributed by atoms with Gasteiger partial charge in [0.2, 0.25) is 0 Å². The van der Waals surface area contributed by atoms with Crippen LogP contribution in [0, 0.1) is 17.0 Å². The molecule has 19 heavy (non-hydrogen) atoms. The topological polar surface area (TPSA) is 83.7 Å². The van der Waals surface area contributed by atoms with Crippen molar-refractivity contribution in [2.45, 2.75) is 33.2 Å². The molecule has 6 nitrogen and oxygen atoms in total. The van der Waals surface area contributed by atoms with Gasteiger partial charge in [0, 0.05) is 11.6 Å². The van der Waals surface area contributed by atoms with Crippen molar-refractivity contribution in [1.82, 2.24) is 0 Å². The third kappa shape index (κ3) is 3.43. The zero-order valence-electron chi connectivity index (χ0n) is 11.5. The molecule has 0 unspecified atom stereocenters. The van der Waals surface area contributed by atoms with E-state index in [2.05, 4.69) is 0 Å². The van der Waals surface area contributed by atoms with Crippen molar-refractivity contribution in [2.75, 3.05) is 11.4 Å². The fourth-order valence-electron chi connectivity index (χ4n) is 1.93. The molecule has 0 heterocycles. The second-order valence-corrected chi connectivity index (χ2v) is 5.35. The third-order valence-electron chi connectivity index (χ3n) is 2.79. The van der Waals surface area contributed by atoms with Gasteiger partial charge in [-0.15, -0.1) is 0 Å². The highest BCUT2D eigenvalue weighted by molar-refractivity contribution is 5.78. The van der Waals surface area contributed by atoms with Crippen LogP contribution < -0.4 is 4.90 Å². The lowest BCUT2D eigenvalue weighted by atomic mass is 10.0. The van der Waals surface area contributed by atoms with Gasteiger partial charge in [-0.25, -0.2) is 0 Å². The number of carboxylic acid groups (broad SMARTS) is 1. The van der Waals surface area contributed by atoms with Crippen LogP contribution in [-0.4, -0.2) is 28.1 Å². The van der Waals surface area contributed by atoms with Crippen LogP contribution in [0.3, 0.4) is 0 Å². The van der Waals surface area contributed by atoms with E-state index in [9.17, 15) is 14.9 Å². The number of anilines is 1. The molecule has 0 bridgehead atoms. The summed E-state index contributed by atoms with van der Waals surface area (Å²) in [4.78, 5) is 23.2. The number of nitro benzene ring substituents is 1. The first-order valence-electron chi connectivity index (χ1n) is 5.88. The van der Waals surface area contributed by atoms with Gasteiger partial charge in [0.1, 0.15) is 12.2 Å². The summed E-state index contributed by atoms with van der Waals surface area (Å²) in [5.74, 6) is -1.02. The average Bonchev–Trinajstić information content (AvgIpc) is 2.24. The lowest BCUT2D eigenvalue weighted by molar-refractivity contribution is -0.384. The molecule has 0 fully saturated rings. The first kappa shape index (κ1) is 14.9. The maximum absolute atomic E-state index is 11.1. The SMILES string of the molecule is Cc1cccc([N+](=O)[O-])c1N(CC(=O)O)C(C)(C)C. The van der Waals surface area contributed by atoms with Crippen molar-refractivity contribution in [1.29, 1.82) is 0 Å². The minimum Gasteiger partial charge on any atom is -0.480 e. The van der Waals surface area contributed by atoms with Crippen LogP contribution in [0.15, 0.2) is 18.2 Å². The van der Waals surface area contributed by atoms with Crippen molar-refractivity contribution in [3.8, 4) is 0 Å². The number of hydrogen-bond donors (Lipinski definition) is 1. The molecule has 1 rings (SSSR count). The van der Waals surface area contributed by atoms with E-state index in [1.165, 1.54) is 6.07 Å². The molecule has 0 aliphatic carbocycles. The van der Waals surface area contributed by atoms with Gasteiger partial charge in [-0.05, 0) is 33.3 Å². The Morgan fingerprint density at radius 1 is 1.42 bits per heavy atom. The van der Waals surface area contributed by atoms with Crippen molar-refractivity contribution >= 4 is 17.3 Å². The highest BCUT2D eigenvalue weighted by atomic mass is 16.6. The molecule has 0 radical (unpaired) electrons. The molecular weight excluding hydrogens is 248 g/mol. The molecule has 0 aliphatic rings. The monoisotopic (exact) mass is 266 g/mol. The molecule has 1 aromatic rings. The lowest BCUT2D eigenvalue weighted by Gasteiger charge is -2.36. The van der Waals surface area contributed by atoms with E-state index in [0.717, 1.165) is 0 Å². The van der Waals surface area contributed by atoms with Crippen LogP contribution in [0.5, 0.6) is 0 Å². The Morgan fingerprint density at radius 2 is 2.00 bits per heavy atom. The van der Waals surface area contributed by atoms with Gasteiger partial charge in [0.15, 0.2) is 0 Å². The Kier molecular flexibility index (Phi) is 4.14. The summed E-state index contributed by atoms with van der Waals surface area (Å²) in [6.07, 6.45) is 0. The molecule has 6 heteroatoms. The molecule has 0 saturated heterocycles. The maximum Gasteiger partial charge on any atom is 0.323 e. The van der Waals surface area contributed by atoms with E-state index < -0.39 is 16.4 Å². The van der Waals surface area contributed by atoms with Gasteiger partial charge in [-0.1, -0.05) is 12.1 Å². The Bertz CT molecular complexity index is 506. The fourth-order valence-corrected chi connectivity index (χ4v) is 1.93. The minimum absolute atomic E-state index is 0.0730. The average molecular weight is 266 g/mol. The Labute approximate surface area is 111 Å². The number of para-hydroxylation sites is 1. The third-order valence-corrected chi connectivity index (χ3v) is 2.79. The lowest BCUT2D eigenvalue weighted by Crippen LogP contribution is -2.45. The summed E-state index contributed by atoms with van der Waals surface area (Å²) in [6, 6.07) is 4.73. The summed E-state index contributed by atoms with van der Waals surface area (Å²) in [7, 11) is 0. The highest BCUT2D eigenvalue weighted by Crippen LogP contribution is 2.35. The number of aliphatic carboxylic acids is 1. The van der Waals surface area contributed by atoms with Crippen LogP contribution in [0.2, 0.25) is 0 Å². The normalized spacial score (nSPS) is 11.2. The number of carbonyl (C=O) groups is 1. The van der Waals surface area contributed by atoms with Crippen molar-refractivity contribution in [3.63, 3.8) is 0 Å². The number of carboxylic acids is 1. The summed E-state index contributed by atoms with van der Waals surface area (Å²) in [6.45, 7) is 6.93. The second-order valence-electron chi connectivity index (χ2n) is 5.35. The molecule has 1 N–H and O–H groups in total. The van der Waals surface area contributed by atoms with E-state index >= 15 is 0 Å². The standard InChI is InChI=1S/C13H18N2O4/c1-9-6-5-7-10(15(18)19)12(9)14(8-11(16)17)13(2,3)4/h5-7H,8H2,1-4H3,(H,16,17). The van der Waals surface area contributed by atoms with Crippen LogP contribution in [0.1, 0.15) is 26.3 Å². The highest BCUT2D eigenvalue weighted by Gasteiger charge is 2.30. The number of hydrogen-bond acceptors (Lipinski definition) is 4. The van der Waals surface area contributed by atoms with Crippen molar-refractivity contribution in [2.24, 2.45) is 0 Å². The first-order valence-corrected chi connectivity index (χ1v) is 5.88. The zero-order chi connectivity index (χ0) is 14.8. The molecule has 1 aromatic carbocycles. The van der Waals surface area contributed by atoms with Gasteiger partial charge in [0.25, 0.3) is 5.69 Å². The maximum atomic E-state index is 11.1. The van der Waals surface area contributed by atoms with Crippen LogP contribution >= 0.6 is 0 Å². The summed E-state index contributed by atoms with van der Waals surface area (Å²) < 4.78 is 0. The molecule has 0 atom stereocenters. The van der Waals surface area contributed by atoms with Crippen LogP contribution in [0.4, 0.5) is 11.4 Å². The molecule has 104 valence electrons. The number of nitro groups is 1.